The Labute approximate surface area is 81.9 Å². The average molecular weight is 246 g/mol. The van der Waals surface area contributed by atoms with Crippen LogP contribution in [-0.2, 0) is 9.05 Å². The Bertz CT molecular complexity index is 448. The Morgan fingerprint density at radius 3 is 2.43 bits per heavy atom. The molecule has 0 spiro atoms. The molecular formula is C6H3ClF3NO2S. The van der Waals surface area contributed by atoms with Crippen LogP contribution in [0.1, 0.15) is 12.1 Å². The molecule has 78 valence electrons. The molecule has 0 unspecified atom stereocenters. The molecule has 0 N–H and O–H groups in total. The fraction of sp³-hybridized carbons (Fsp3) is 0.167. The van der Waals surface area contributed by atoms with E-state index >= 15 is 0 Å². The van der Waals surface area contributed by atoms with E-state index in [4.69, 9.17) is 10.7 Å². The molecule has 0 aliphatic rings. The third-order valence-corrected chi connectivity index (χ3v) is 2.66. The lowest BCUT2D eigenvalue weighted by Gasteiger charge is -2.01. The number of nitrogens with zero attached hydrogens (tertiary/aromatic N) is 1. The van der Waals surface area contributed by atoms with Gasteiger partial charge in [0, 0.05) is 10.7 Å². The Balaban J connectivity index is 3.37. The van der Waals surface area contributed by atoms with Gasteiger partial charge in [-0.25, -0.2) is 21.6 Å². The highest BCUT2D eigenvalue weighted by Gasteiger charge is 2.20. The summed E-state index contributed by atoms with van der Waals surface area (Å²) in [6, 6.07) is 0.405. The maximum Gasteiger partial charge on any atom is 0.280 e. The molecule has 0 aliphatic heterocycles. The van der Waals surface area contributed by atoms with E-state index in [2.05, 4.69) is 4.98 Å². The minimum Gasteiger partial charge on any atom is -0.252 e. The van der Waals surface area contributed by atoms with Crippen LogP contribution in [0.25, 0.3) is 0 Å². The van der Waals surface area contributed by atoms with Crippen molar-refractivity contribution in [2.45, 2.75) is 11.3 Å². The zero-order valence-corrected chi connectivity index (χ0v) is 7.99. The van der Waals surface area contributed by atoms with Crippen LogP contribution in [0.4, 0.5) is 13.2 Å². The molecule has 0 fully saturated rings. The summed E-state index contributed by atoms with van der Waals surface area (Å²) in [6.07, 6.45) is -2.59. The fourth-order valence-electron chi connectivity index (χ4n) is 0.742. The lowest BCUT2D eigenvalue weighted by molar-refractivity contribution is 0.145. The number of hydrogen-bond acceptors (Lipinski definition) is 3. The lowest BCUT2D eigenvalue weighted by atomic mass is 10.3. The van der Waals surface area contributed by atoms with Gasteiger partial charge < -0.3 is 0 Å². The van der Waals surface area contributed by atoms with E-state index in [-0.39, 0.29) is 0 Å². The first kappa shape index (κ1) is 11.3. The summed E-state index contributed by atoms with van der Waals surface area (Å²) >= 11 is 0. The summed E-state index contributed by atoms with van der Waals surface area (Å²) in [4.78, 5) is 2.01. The van der Waals surface area contributed by atoms with Gasteiger partial charge in [0.25, 0.3) is 15.5 Å². The largest absolute Gasteiger partial charge is 0.280 e. The number of aromatic nitrogens is 1. The van der Waals surface area contributed by atoms with Gasteiger partial charge in [-0.3, -0.25) is 4.98 Å². The minimum absolute atomic E-state index is 0.386. The van der Waals surface area contributed by atoms with Crippen LogP contribution in [-0.4, -0.2) is 13.4 Å². The summed E-state index contributed by atoms with van der Waals surface area (Å²) in [5, 5.41) is 0. The molecule has 1 aromatic heterocycles. The van der Waals surface area contributed by atoms with Crippen molar-refractivity contribution in [1.82, 2.24) is 4.98 Å². The summed E-state index contributed by atoms with van der Waals surface area (Å²) < 4.78 is 58.2. The first-order chi connectivity index (χ1) is 6.32. The van der Waals surface area contributed by atoms with Crippen molar-refractivity contribution in [3.05, 3.63) is 23.8 Å². The first-order valence-corrected chi connectivity index (χ1v) is 5.51. The van der Waals surface area contributed by atoms with Crippen LogP contribution < -0.4 is 0 Å². The van der Waals surface area contributed by atoms with Gasteiger partial charge in [0.15, 0.2) is 5.82 Å². The van der Waals surface area contributed by atoms with Crippen molar-refractivity contribution in [3.8, 4) is 0 Å². The number of alkyl halides is 2. The summed E-state index contributed by atoms with van der Waals surface area (Å²) in [5.41, 5.74) is -0.842. The smallest absolute Gasteiger partial charge is 0.252 e. The van der Waals surface area contributed by atoms with Crippen molar-refractivity contribution >= 4 is 19.7 Å². The molecule has 1 rings (SSSR count). The molecule has 1 heterocycles. The van der Waals surface area contributed by atoms with Gasteiger partial charge >= 0.3 is 0 Å². The van der Waals surface area contributed by atoms with E-state index in [0.717, 1.165) is 0 Å². The normalized spacial score (nSPS) is 12.1. The van der Waals surface area contributed by atoms with E-state index < -0.39 is 31.9 Å². The third kappa shape index (κ3) is 2.36. The van der Waals surface area contributed by atoms with Crippen molar-refractivity contribution in [2.75, 3.05) is 0 Å². The molecule has 0 aromatic carbocycles. The standard InChI is InChI=1S/C6H3ClF3NO2S/c7-14(12,13)5-1-4(6(9)10)11-2-3(5)8/h1-2,6H. The Kier molecular flexibility index (Phi) is 3.01. The SMILES string of the molecule is O=S(=O)(Cl)c1cc(C(F)F)ncc1F. The number of halogens is 4. The molecule has 14 heavy (non-hydrogen) atoms. The summed E-state index contributed by atoms with van der Waals surface area (Å²) in [5.74, 6) is -1.26. The van der Waals surface area contributed by atoms with Gasteiger partial charge in [0.1, 0.15) is 10.6 Å². The number of hydrogen-bond donors (Lipinski definition) is 0. The monoisotopic (exact) mass is 245 g/mol. The van der Waals surface area contributed by atoms with Crippen LogP contribution in [0.3, 0.4) is 0 Å². The predicted octanol–water partition coefficient (Wildman–Crippen LogP) is 2.09. The molecule has 0 bridgehead atoms. The van der Waals surface area contributed by atoms with Crippen LogP contribution in [0, 0.1) is 5.82 Å². The van der Waals surface area contributed by atoms with Crippen molar-refractivity contribution in [3.63, 3.8) is 0 Å². The maximum atomic E-state index is 12.8. The quantitative estimate of drug-likeness (QED) is 0.750. The zero-order valence-electron chi connectivity index (χ0n) is 6.42. The van der Waals surface area contributed by atoms with Gasteiger partial charge in [-0.05, 0) is 6.07 Å². The van der Waals surface area contributed by atoms with Crippen molar-refractivity contribution in [1.29, 1.82) is 0 Å². The van der Waals surface area contributed by atoms with Crippen molar-refractivity contribution < 1.29 is 21.6 Å². The second-order valence-corrected chi connectivity index (χ2v) is 4.81. The molecule has 0 atom stereocenters. The Hall–Kier alpha value is -0.820. The van der Waals surface area contributed by atoms with E-state index in [1.165, 1.54) is 0 Å². The summed E-state index contributed by atoms with van der Waals surface area (Å²) in [7, 11) is 0.434. The topological polar surface area (TPSA) is 47.0 Å². The highest BCUT2D eigenvalue weighted by Crippen LogP contribution is 2.23. The van der Waals surface area contributed by atoms with Crippen LogP contribution >= 0.6 is 10.7 Å². The molecule has 0 saturated carbocycles. The minimum atomic E-state index is -4.37. The average Bonchev–Trinajstić information content (AvgIpc) is 2.02. The second kappa shape index (κ2) is 3.74. The molecule has 0 radical (unpaired) electrons. The molecule has 1 aromatic rings. The molecule has 8 heteroatoms. The molecule has 0 aliphatic carbocycles. The highest BCUT2D eigenvalue weighted by atomic mass is 35.7. The highest BCUT2D eigenvalue weighted by molar-refractivity contribution is 8.13. The lowest BCUT2D eigenvalue weighted by Crippen LogP contribution is -2.00. The summed E-state index contributed by atoms with van der Waals surface area (Å²) in [6.45, 7) is 0. The van der Waals surface area contributed by atoms with Crippen LogP contribution in [0.2, 0.25) is 0 Å². The maximum absolute atomic E-state index is 12.8. The first-order valence-electron chi connectivity index (χ1n) is 3.20. The van der Waals surface area contributed by atoms with E-state index in [1.807, 2.05) is 0 Å². The number of pyridine rings is 1. The predicted molar refractivity (Wildman–Crippen MR) is 42.2 cm³/mol. The van der Waals surface area contributed by atoms with E-state index in [9.17, 15) is 21.6 Å². The molecular weight excluding hydrogens is 243 g/mol. The van der Waals surface area contributed by atoms with Gasteiger partial charge in [-0.1, -0.05) is 0 Å². The fourth-order valence-corrected chi connectivity index (χ4v) is 1.64. The van der Waals surface area contributed by atoms with Crippen molar-refractivity contribution in [2.24, 2.45) is 0 Å². The number of rotatable bonds is 2. The van der Waals surface area contributed by atoms with Gasteiger partial charge in [-0.15, -0.1) is 0 Å². The molecule has 0 amide bonds. The van der Waals surface area contributed by atoms with Gasteiger partial charge in [0.05, 0.1) is 6.20 Å². The third-order valence-electron chi connectivity index (χ3n) is 1.33. The van der Waals surface area contributed by atoms with Gasteiger partial charge in [-0.2, -0.15) is 0 Å². The second-order valence-electron chi connectivity index (χ2n) is 2.28. The van der Waals surface area contributed by atoms with Gasteiger partial charge in [0.2, 0.25) is 0 Å². The van der Waals surface area contributed by atoms with E-state index in [1.54, 1.807) is 0 Å². The molecule has 0 saturated heterocycles. The van der Waals surface area contributed by atoms with Crippen LogP contribution in [0.15, 0.2) is 17.2 Å². The zero-order chi connectivity index (χ0) is 10.9. The Morgan fingerprint density at radius 1 is 1.43 bits per heavy atom. The van der Waals surface area contributed by atoms with Crippen LogP contribution in [0.5, 0.6) is 0 Å². The Morgan fingerprint density at radius 2 is 2.00 bits per heavy atom. The van der Waals surface area contributed by atoms with E-state index in [0.29, 0.717) is 12.3 Å². The molecule has 3 nitrogen and oxygen atoms in total.